The molecular formula is C20H19N3O2. The Morgan fingerprint density at radius 1 is 1.08 bits per heavy atom. The summed E-state index contributed by atoms with van der Waals surface area (Å²) in [4.78, 5) is 26.3. The van der Waals surface area contributed by atoms with Gasteiger partial charge in [-0.3, -0.25) is 9.59 Å². The SMILES string of the molecule is N#Cc1cccc(C(=O)Nc2ccc(CC(=O)N3CCCC3)cc2)c1. The summed E-state index contributed by atoms with van der Waals surface area (Å²) in [6, 6.07) is 15.9. The second-order valence-electron chi connectivity index (χ2n) is 6.11. The fourth-order valence-electron chi connectivity index (χ4n) is 2.89. The smallest absolute Gasteiger partial charge is 0.255 e. The van der Waals surface area contributed by atoms with E-state index in [-0.39, 0.29) is 11.8 Å². The van der Waals surface area contributed by atoms with Crippen molar-refractivity contribution in [3.05, 3.63) is 65.2 Å². The number of hydrogen-bond acceptors (Lipinski definition) is 3. The molecule has 2 amide bonds. The van der Waals surface area contributed by atoms with Gasteiger partial charge in [-0.15, -0.1) is 0 Å². The highest BCUT2D eigenvalue weighted by Gasteiger charge is 2.17. The van der Waals surface area contributed by atoms with Gasteiger partial charge in [0.15, 0.2) is 0 Å². The largest absolute Gasteiger partial charge is 0.342 e. The molecule has 0 bridgehead atoms. The molecule has 126 valence electrons. The van der Waals surface area contributed by atoms with Crippen molar-refractivity contribution < 1.29 is 9.59 Å². The molecule has 3 rings (SSSR count). The monoisotopic (exact) mass is 333 g/mol. The summed E-state index contributed by atoms with van der Waals surface area (Å²) in [5.41, 5.74) is 2.47. The number of nitrogens with one attached hydrogen (secondary N) is 1. The Kier molecular flexibility index (Phi) is 5.10. The summed E-state index contributed by atoms with van der Waals surface area (Å²) >= 11 is 0. The maximum absolute atomic E-state index is 12.2. The Morgan fingerprint density at radius 3 is 2.48 bits per heavy atom. The van der Waals surface area contributed by atoms with E-state index in [0.717, 1.165) is 31.5 Å². The molecule has 0 aliphatic carbocycles. The van der Waals surface area contributed by atoms with Gasteiger partial charge in [0, 0.05) is 24.3 Å². The van der Waals surface area contributed by atoms with E-state index in [1.165, 1.54) is 0 Å². The molecule has 0 saturated carbocycles. The van der Waals surface area contributed by atoms with Crippen LogP contribution in [0, 0.1) is 11.3 Å². The second kappa shape index (κ2) is 7.63. The number of nitriles is 1. The first-order valence-corrected chi connectivity index (χ1v) is 8.34. The first-order chi connectivity index (χ1) is 12.2. The van der Waals surface area contributed by atoms with Gasteiger partial charge in [0.25, 0.3) is 5.91 Å². The zero-order chi connectivity index (χ0) is 17.6. The third-order valence-corrected chi connectivity index (χ3v) is 4.28. The van der Waals surface area contributed by atoms with Crippen molar-refractivity contribution in [2.75, 3.05) is 18.4 Å². The third-order valence-electron chi connectivity index (χ3n) is 4.28. The van der Waals surface area contributed by atoms with Gasteiger partial charge < -0.3 is 10.2 Å². The van der Waals surface area contributed by atoms with Crippen LogP contribution in [0.4, 0.5) is 5.69 Å². The number of hydrogen-bond donors (Lipinski definition) is 1. The van der Waals surface area contributed by atoms with Crippen LogP contribution in [0.5, 0.6) is 0 Å². The van der Waals surface area contributed by atoms with Gasteiger partial charge in [-0.2, -0.15) is 5.26 Å². The number of nitrogens with zero attached hydrogens (tertiary/aromatic N) is 2. The standard InChI is InChI=1S/C20H19N3O2/c21-14-16-4-3-5-17(12-16)20(25)22-18-8-6-15(7-9-18)13-19(24)23-10-1-2-11-23/h3-9,12H,1-2,10-11,13H2,(H,22,25). The number of carbonyl (C=O) groups excluding carboxylic acids is 2. The summed E-state index contributed by atoms with van der Waals surface area (Å²) in [7, 11) is 0. The van der Waals surface area contributed by atoms with Crippen molar-refractivity contribution in [3.63, 3.8) is 0 Å². The quantitative estimate of drug-likeness (QED) is 0.935. The molecule has 0 radical (unpaired) electrons. The number of anilines is 1. The Bertz CT molecular complexity index is 816. The molecule has 1 N–H and O–H groups in total. The lowest BCUT2D eigenvalue weighted by molar-refractivity contribution is -0.129. The summed E-state index contributed by atoms with van der Waals surface area (Å²) in [6.07, 6.45) is 2.56. The minimum Gasteiger partial charge on any atom is -0.342 e. The number of likely N-dealkylation sites (tertiary alicyclic amines) is 1. The lowest BCUT2D eigenvalue weighted by Gasteiger charge is -2.15. The Labute approximate surface area is 146 Å². The van der Waals surface area contributed by atoms with Gasteiger partial charge in [0.2, 0.25) is 5.91 Å². The van der Waals surface area contributed by atoms with E-state index in [1.54, 1.807) is 36.4 Å². The maximum atomic E-state index is 12.2. The maximum Gasteiger partial charge on any atom is 0.255 e. The predicted molar refractivity (Wildman–Crippen MR) is 95.1 cm³/mol. The van der Waals surface area contributed by atoms with E-state index < -0.39 is 0 Å². The van der Waals surface area contributed by atoms with Gasteiger partial charge in [0.1, 0.15) is 0 Å². The molecule has 0 aromatic heterocycles. The van der Waals surface area contributed by atoms with E-state index in [2.05, 4.69) is 5.32 Å². The molecule has 2 aromatic rings. The molecule has 1 fully saturated rings. The van der Waals surface area contributed by atoms with Crippen LogP contribution in [-0.4, -0.2) is 29.8 Å². The number of benzene rings is 2. The predicted octanol–water partition coefficient (Wildman–Crippen LogP) is 2.98. The van der Waals surface area contributed by atoms with Gasteiger partial charge in [-0.25, -0.2) is 0 Å². The number of rotatable bonds is 4. The summed E-state index contributed by atoms with van der Waals surface area (Å²) in [6.45, 7) is 1.71. The summed E-state index contributed by atoms with van der Waals surface area (Å²) < 4.78 is 0. The lowest BCUT2D eigenvalue weighted by atomic mass is 10.1. The van der Waals surface area contributed by atoms with Crippen molar-refractivity contribution >= 4 is 17.5 Å². The van der Waals surface area contributed by atoms with Crippen molar-refractivity contribution in [1.29, 1.82) is 5.26 Å². The van der Waals surface area contributed by atoms with Crippen LogP contribution in [0.3, 0.4) is 0 Å². The van der Waals surface area contributed by atoms with Crippen LogP contribution < -0.4 is 5.32 Å². The summed E-state index contributed by atoms with van der Waals surface area (Å²) in [5.74, 6) is -0.111. The van der Waals surface area contributed by atoms with Crippen LogP contribution in [-0.2, 0) is 11.2 Å². The van der Waals surface area contributed by atoms with E-state index in [4.69, 9.17) is 5.26 Å². The Balaban J connectivity index is 1.61. The average molecular weight is 333 g/mol. The highest BCUT2D eigenvalue weighted by atomic mass is 16.2. The molecule has 2 aromatic carbocycles. The molecule has 0 unspecified atom stereocenters. The van der Waals surface area contributed by atoms with Crippen LogP contribution in [0.25, 0.3) is 0 Å². The van der Waals surface area contributed by atoms with Crippen molar-refractivity contribution in [2.24, 2.45) is 0 Å². The van der Waals surface area contributed by atoms with Crippen LogP contribution >= 0.6 is 0 Å². The van der Waals surface area contributed by atoms with E-state index in [0.29, 0.717) is 23.2 Å². The Morgan fingerprint density at radius 2 is 1.80 bits per heavy atom. The lowest BCUT2D eigenvalue weighted by Crippen LogP contribution is -2.29. The van der Waals surface area contributed by atoms with Crippen molar-refractivity contribution in [1.82, 2.24) is 4.90 Å². The fourth-order valence-corrected chi connectivity index (χ4v) is 2.89. The number of carbonyl (C=O) groups is 2. The number of amides is 2. The second-order valence-corrected chi connectivity index (χ2v) is 6.11. The minimum atomic E-state index is -0.266. The van der Waals surface area contributed by atoms with Crippen molar-refractivity contribution in [2.45, 2.75) is 19.3 Å². The van der Waals surface area contributed by atoms with E-state index in [9.17, 15) is 9.59 Å². The molecule has 1 saturated heterocycles. The molecule has 25 heavy (non-hydrogen) atoms. The van der Waals surface area contributed by atoms with Gasteiger partial charge in [-0.1, -0.05) is 18.2 Å². The fraction of sp³-hybridized carbons (Fsp3) is 0.250. The van der Waals surface area contributed by atoms with E-state index in [1.807, 2.05) is 23.1 Å². The van der Waals surface area contributed by atoms with Gasteiger partial charge in [-0.05, 0) is 48.7 Å². The molecule has 0 spiro atoms. The molecule has 5 heteroatoms. The normalized spacial score (nSPS) is 13.3. The molecule has 1 heterocycles. The van der Waals surface area contributed by atoms with Gasteiger partial charge >= 0.3 is 0 Å². The minimum absolute atomic E-state index is 0.155. The molecule has 1 aliphatic heterocycles. The van der Waals surface area contributed by atoms with Crippen LogP contribution in [0.2, 0.25) is 0 Å². The molecular weight excluding hydrogens is 314 g/mol. The van der Waals surface area contributed by atoms with Crippen LogP contribution in [0.15, 0.2) is 48.5 Å². The van der Waals surface area contributed by atoms with Crippen LogP contribution in [0.1, 0.15) is 34.3 Å². The zero-order valence-electron chi connectivity index (χ0n) is 13.9. The third kappa shape index (κ3) is 4.24. The Hall–Kier alpha value is -3.13. The van der Waals surface area contributed by atoms with E-state index >= 15 is 0 Å². The highest BCUT2D eigenvalue weighted by Crippen LogP contribution is 2.15. The summed E-state index contributed by atoms with van der Waals surface area (Å²) in [5, 5.41) is 11.7. The zero-order valence-corrected chi connectivity index (χ0v) is 13.9. The topological polar surface area (TPSA) is 73.2 Å². The first kappa shape index (κ1) is 16.7. The first-order valence-electron chi connectivity index (χ1n) is 8.34. The molecule has 0 atom stereocenters. The molecule has 5 nitrogen and oxygen atoms in total. The van der Waals surface area contributed by atoms with Gasteiger partial charge in [0.05, 0.1) is 18.1 Å². The highest BCUT2D eigenvalue weighted by molar-refractivity contribution is 6.04. The molecule has 1 aliphatic rings. The average Bonchev–Trinajstić information content (AvgIpc) is 3.18. The van der Waals surface area contributed by atoms with Crippen molar-refractivity contribution in [3.8, 4) is 6.07 Å².